The van der Waals surface area contributed by atoms with Gasteiger partial charge in [-0.15, -0.1) is 11.3 Å². The molecule has 2 rings (SSSR count). The van der Waals surface area contributed by atoms with E-state index in [0.717, 1.165) is 31.7 Å². The first-order valence-electron chi connectivity index (χ1n) is 7.82. The highest BCUT2D eigenvalue weighted by Gasteiger charge is 2.09. The minimum Gasteiger partial charge on any atom is -0.494 e. The molecule has 1 N–H and O–H groups in total. The van der Waals surface area contributed by atoms with Crippen LogP contribution in [0.5, 0.6) is 5.75 Å². The predicted octanol–water partition coefficient (Wildman–Crippen LogP) is 4.52. The quantitative estimate of drug-likeness (QED) is 0.697. The van der Waals surface area contributed by atoms with Crippen LogP contribution in [0.4, 0.5) is 0 Å². The highest BCUT2D eigenvalue weighted by molar-refractivity contribution is 7.09. The molecule has 21 heavy (non-hydrogen) atoms. The zero-order valence-electron chi connectivity index (χ0n) is 12.8. The molecule has 0 aliphatic heterocycles. The summed E-state index contributed by atoms with van der Waals surface area (Å²) in [7, 11) is 0. The van der Waals surface area contributed by atoms with Crippen molar-refractivity contribution >= 4 is 11.3 Å². The molecule has 0 aliphatic rings. The van der Waals surface area contributed by atoms with Crippen LogP contribution in [0.25, 0.3) is 0 Å². The van der Waals surface area contributed by atoms with Gasteiger partial charge < -0.3 is 10.1 Å². The summed E-state index contributed by atoms with van der Waals surface area (Å²) in [4.78, 5) is 1.47. The maximum atomic E-state index is 5.82. The molecule has 1 aromatic carbocycles. The van der Waals surface area contributed by atoms with E-state index in [9.17, 15) is 0 Å². The van der Waals surface area contributed by atoms with Crippen molar-refractivity contribution in [3.05, 3.63) is 52.7 Å². The summed E-state index contributed by atoms with van der Waals surface area (Å²) in [5.41, 5.74) is 0. The number of aryl methyl sites for hydroxylation is 1. The molecule has 0 spiro atoms. The second-order valence-electron chi connectivity index (χ2n) is 5.22. The van der Waals surface area contributed by atoms with E-state index >= 15 is 0 Å². The van der Waals surface area contributed by atoms with Crippen molar-refractivity contribution in [3.63, 3.8) is 0 Å². The van der Waals surface area contributed by atoms with Crippen LogP contribution in [0.2, 0.25) is 0 Å². The normalized spacial score (nSPS) is 12.2. The maximum Gasteiger partial charge on any atom is 0.119 e. The van der Waals surface area contributed by atoms with Gasteiger partial charge in [0.15, 0.2) is 0 Å². The number of benzene rings is 1. The Kier molecular flexibility index (Phi) is 7.33. The topological polar surface area (TPSA) is 21.3 Å². The summed E-state index contributed by atoms with van der Waals surface area (Å²) in [6.45, 7) is 4.07. The Morgan fingerprint density at radius 3 is 2.67 bits per heavy atom. The Morgan fingerprint density at radius 2 is 1.95 bits per heavy atom. The largest absolute Gasteiger partial charge is 0.494 e. The highest BCUT2D eigenvalue weighted by atomic mass is 32.1. The Bertz CT molecular complexity index is 469. The van der Waals surface area contributed by atoms with Crippen LogP contribution >= 0.6 is 11.3 Å². The molecule has 1 unspecified atom stereocenters. The zero-order chi connectivity index (χ0) is 14.8. The first-order chi connectivity index (χ1) is 10.4. The van der Waals surface area contributed by atoms with E-state index in [1.165, 1.54) is 17.7 Å². The second-order valence-corrected chi connectivity index (χ2v) is 6.25. The smallest absolute Gasteiger partial charge is 0.119 e. The first kappa shape index (κ1) is 16.1. The van der Waals surface area contributed by atoms with E-state index in [-0.39, 0.29) is 0 Å². The molecule has 0 saturated carbocycles. The van der Waals surface area contributed by atoms with Crippen molar-refractivity contribution < 1.29 is 4.74 Å². The highest BCUT2D eigenvalue weighted by Crippen LogP contribution is 2.14. The lowest BCUT2D eigenvalue weighted by atomic mass is 10.1. The van der Waals surface area contributed by atoms with Gasteiger partial charge in [-0.05, 0) is 55.8 Å². The second kappa shape index (κ2) is 9.59. The van der Waals surface area contributed by atoms with E-state index in [1.807, 2.05) is 41.7 Å². The molecule has 3 heteroatoms. The SMILES string of the molecule is CCCNC(CCOc1ccccc1)CCc1cccs1. The standard InChI is InChI=1S/C18H25NOS/c1-2-13-19-16(10-11-18-9-6-15-21-18)12-14-20-17-7-4-3-5-8-17/h3-9,15-16,19H,2,10-14H2,1H3. The van der Waals surface area contributed by atoms with Gasteiger partial charge in [0, 0.05) is 10.9 Å². The lowest BCUT2D eigenvalue weighted by Crippen LogP contribution is -2.31. The van der Waals surface area contributed by atoms with Crippen LogP contribution in [0.1, 0.15) is 31.1 Å². The molecule has 1 heterocycles. The summed E-state index contributed by atoms with van der Waals surface area (Å²) < 4.78 is 5.82. The van der Waals surface area contributed by atoms with Crippen molar-refractivity contribution in [2.75, 3.05) is 13.2 Å². The molecule has 0 radical (unpaired) electrons. The van der Waals surface area contributed by atoms with Gasteiger partial charge in [-0.1, -0.05) is 31.2 Å². The molecule has 0 fully saturated rings. The van der Waals surface area contributed by atoms with Crippen molar-refractivity contribution in [1.82, 2.24) is 5.32 Å². The Labute approximate surface area is 132 Å². The van der Waals surface area contributed by atoms with Gasteiger partial charge in [0.1, 0.15) is 5.75 Å². The molecular formula is C18H25NOS. The van der Waals surface area contributed by atoms with Gasteiger partial charge in [-0.25, -0.2) is 0 Å². The van der Waals surface area contributed by atoms with E-state index in [4.69, 9.17) is 4.74 Å². The minimum atomic E-state index is 0.538. The summed E-state index contributed by atoms with van der Waals surface area (Å²) in [6.07, 6.45) is 4.57. The summed E-state index contributed by atoms with van der Waals surface area (Å²) in [6, 6.07) is 15.0. The van der Waals surface area contributed by atoms with E-state index < -0.39 is 0 Å². The number of nitrogens with one attached hydrogen (secondary N) is 1. The van der Waals surface area contributed by atoms with Gasteiger partial charge in [0.05, 0.1) is 6.61 Å². The van der Waals surface area contributed by atoms with Gasteiger partial charge in [-0.3, -0.25) is 0 Å². The van der Waals surface area contributed by atoms with Crippen LogP contribution in [0, 0.1) is 0 Å². The maximum absolute atomic E-state index is 5.82. The van der Waals surface area contributed by atoms with Crippen molar-refractivity contribution in [2.45, 2.75) is 38.6 Å². The fourth-order valence-corrected chi connectivity index (χ4v) is 3.03. The molecule has 0 aliphatic carbocycles. The molecule has 0 amide bonds. The van der Waals surface area contributed by atoms with E-state index in [2.05, 4.69) is 29.8 Å². The number of para-hydroxylation sites is 1. The number of ether oxygens (including phenoxy) is 1. The lowest BCUT2D eigenvalue weighted by molar-refractivity contribution is 0.281. The van der Waals surface area contributed by atoms with Gasteiger partial charge >= 0.3 is 0 Å². The Balaban J connectivity index is 1.73. The Morgan fingerprint density at radius 1 is 1.10 bits per heavy atom. The minimum absolute atomic E-state index is 0.538. The van der Waals surface area contributed by atoms with Gasteiger partial charge in [0.2, 0.25) is 0 Å². The third kappa shape index (κ3) is 6.32. The predicted molar refractivity (Wildman–Crippen MR) is 91.3 cm³/mol. The van der Waals surface area contributed by atoms with Crippen molar-refractivity contribution in [3.8, 4) is 5.75 Å². The fraction of sp³-hybridized carbons (Fsp3) is 0.444. The zero-order valence-corrected chi connectivity index (χ0v) is 13.6. The van der Waals surface area contributed by atoms with Crippen molar-refractivity contribution in [1.29, 1.82) is 0 Å². The average Bonchev–Trinajstić information content (AvgIpc) is 3.04. The average molecular weight is 303 g/mol. The number of hydrogen-bond acceptors (Lipinski definition) is 3. The van der Waals surface area contributed by atoms with E-state index in [0.29, 0.717) is 6.04 Å². The number of thiophene rings is 1. The molecule has 114 valence electrons. The van der Waals surface area contributed by atoms with Crippen molar-refractivity contribution in [2.24, 2.45) is 0 Å². The van der Waals surface area contributed by atoms with E-state index in [1.54, 1.807) is 0 Å². The summed E-state index contributed by atoms with van der Waals surface area (Å²) >= 11 is 1.85. The summed E-state index contributed by atoms with van der Waals surface area (Å²) in [5, 5.41) is 5.80. The van der Waals surface area contributed by atoms with Crippen LogP contribution in [-0.4, -0.2) is 19.2 Å². The fourth-order valence-electron chi connectivity index (χ4n) is 2.30. The van der Waals surface area contributed by atoms with Crippen LogP contribution in [0.15, 0.2) is 47.8 Å². The molecular weight excluding hydrogens is 278 g/mol. The molecule has 2 nitrogen and oxygen atoms in total. The third-order valence-corrected chi connectivity index (χ3v) is 4.42. The molecule has 1 atom stereocenters. The van der Waals surface area contributed by atoms with Gasteiger partial charge in [-0.2, -0.15) is 0 Å². The monoisotopic (exact) mass is 303 g/mol. The summed E-state index contributed by atoms with van der Waals surface area (Å²) in [5.74, 6) is 0.963. The van der Waals surface area contributed by atoms with Gasteiger partial charge in [0.25, 0.3) is 0 Å². The third-order valence-electron chi connectivity index (χ3n) is 3.48. The Hall–Kier alpha value is -1.32. The van der Waals surface area contributed by atoms with Crippen LogP contribution in [-0.2, 0) is 6.42 Å². The number of rotatable bonds is 10. The molecule has 0 bridgehead atoms. The number of hydrogen-bond donors (Lipinski definition) is 1. The molecule has 1 aromatic heterocycles. The first-order valence-corrected chi connectivity index (χ1v) is 8.70. The van der Waals surface area contributed by atoms with Crippen LogP contribution in [0.3, 0.4) is 0 Å². The molecule has 0 saturated heterocycles. The van der Waals surface area contributed by atoms with Crippen LogP contribution < -0.4 is 10.1 Å². The molecule has 2 aromatic rings. The lowest BCUT2D eigenvalue weighted by Gasteiger charge is -2.18.